The van der Waals surface area contributed by atoms with Gasteiger partial charge in [0.05, 0.1) is 18.3 Å². The zero-order valence-electron chi connectivity index (χ0n) is 18.5. The van der Waals surface area contributed by atoms with Gasteiger partial charge in [-0.25, -0.2) is 0 Å². The first kappa shape index (κ1) is 21.8. The summed E-state index contributed by atoms with van der Waals surface area (Å²) in [5, 5.41) is 26.1. The standard InChI is InChI=1S/C24H27N5O3/c1-15(2)31-22-7-5-19(11-20(22)12-25)23-27-24(28-32-23)29-9-8-18-10-17(4-6-21(18)29)13-26-16(3)14-30/h4-7,10-11,15-16,26,30H,8-9,13-14H2,1-3H3/t16-/m1/s1. The minimum absolute atomic E-state index is 0.0208. The normalized spacial score (nSPS) is 13.8. The smallest absolute Gasteiger partial charge is 0.270 e. The van der Waals surface area contributed by atoms with Gasteiger partial charge in [0.2, 0.25) is 0 Å². The summed E-state index contributed by atoms with van der Waals surface area (Å²) in [6.45, 7) is 7.38. The van der Waals surface area contributed by atoms with Crippen LogP contribution in [0.2, 0.25) is 0 Å². The molecule has 0 saturated carbocycles. The summed E-state index contributed by atoms with van der Waals surface area (Å²) in [5.74, 6) is 1.40. The van der Waals surface area contributed by atoms with E-state index in [-0.39, 0.29) is 18.8 Å². The van der Waals surface area contributed by atoms with Crippen LogP contribution in [0.3, 0.4) is 0 Å². The lowest BCUT2D eigenvalue weighted by molar-refractivity contribution is 0.241. The van der Waals surface area contributed by atoms with Gasteiger partial charge in [-0.2, -0.15) is 10.2 Å². The molecule has 4 rings (SSSR count). The Bertz CT molecular complexity index is 1130. The maximum absolute atomic E-state index is 9.47. The Hall–Kier alpha value is -3.41. The maximum atomic E-state index is 9.47. The predicted molar refractivity (Wildman–Crippen MR) is 121 cm³/mol. The Kier molecular flexibility index (Phi) is 6.40. The number of hydrogen-bond acceptors (Lipinski definition) is 8. The molecule has 0 fully saturated rings. The average Bonchev–Trinajstić information content (AvgIpc) is 3.44. The maximum Gasteiger partial charge on any atom is 0.270 e. The van der Waals surface area contributed by atoms with Gasteiger partial charge >= 0.3 is 0 Å². The number of rotatable bonds is 8. The molecule has 1 aliphatic heterocycles. The van der Waals surface area contributed by atoms with Gasteiger partial charge in [0, 0.05) is 30.4 Å². The van der Waals surface area contributed by atoms with Crippen molar-refractivity contribution in [2.45, 2.75) is 45.9 Å². The van der Waals surface area contributed by atoms with E-state index in [4.69, 9.17) is 9.26 Å². The van der Waals surface area contributed by atoms with Crippen LogP contribution in [0.1, 0.15) is 37.5 Å². The summed E-state index contributed by atoms with van der Waals surface area (Å²) >= 11 is 0. The molecule has 8 nitrogen and oxygen atoms in total. The number of nitrogens with zero attached hydrogens (tertiary/aromatic N) is 4. The molecule has 0 unspecified atom stereocenters. The van der Waals surface area contributed by atoms with E-state index in [9.17, 15) is 10.4 Å². The minimum Gasteiger partial charge on any atom is -0.490 e. The average molecular weight is 434 g/mol. The van der Waals surface area contributed by atoms with E-state index in [0.717, 1.165) is 18.7 Å². The Labute approximate surface area is 187 Å². The minimum atomic E-state index is -0.0208. The van der Waals surface area contributed by atoms with E-state index in [0.29, 0.717) is 35.3 Å². The molecule has 2 N–H and O–H groups in total. The predicted octanol–water partition coefficient (Wildman–Crippen LogP) is 3.56. The lowest BCUT2D eigenvalue weighted by atomic mass is 10.1. The highest BCUT2D eigenvalue weighted by Gasteiger charge is 2.25. The van der Waals surface area contributed by atoms with Gasteiger partial charge in [-0.15, -0.1) is 0 Å². The summed E-state index contributed by atoms with van der Waals surface area (Å²) in [4.78, 5) is 6.62. The molecule has 0 radical (unpaired) electrons. The SMILES string of the molecule is CC(C)Oc1ccc(-c2nc(N3CCc4cc(CN[C@H](C)CO)ccc43)no2)cc1C#N. The van der Waals surface area contributed by atoms with Crippen molar-refractivity contribution >= 4 is 11.6 Å². The molecular formula is C24H27N5O3. The van der Waals surface area contributed by atoms with Gasteiger partial charge in [-0.1, -0.05) is 12.1 Å². The molecular weight excluding hydrogens is 406 g/mol. The molecule has 166 valence electrons. The van der Waals surface area contributed by atoms with Crippen LogP contribution >= 0.6 is 0 Å². The molecule has 2 heterocycles. The van der Waals surface area contributed by atoms with Crippen molar-refractivity contribution in [1.29, 1.82) is 5.26 Å². The second kappa shape index (κ2) is 9.39. The number of nitriles is 1. The number of aliphatic hydroxyl groups is 1. The lowest BCUT2D eigenvalue weighted by Crippen LogP contribution is -2.28. The number of aromatic nitrogens is 2. The molecule has 32 heavy (non-hydrogen) atoms. The Morgan fingerprint density at radius 1 is 1.25 bits per heavy atom. The van der Waals surface area contributed by atoms with Crippen LogP contribution in [0.4, 0.5) is 11.6 Å². The molecule has 8 heteroatoms. The van der Waals surface area contributed by atoms with E-state index in [1.165, 1.54) is 11.1 Å². The summed E-state index contributed by atoms with van der Waals surface area (Å²) in [7, 11) is 0. The summed E-state index contributed by atoms with van der Waals surface area (Å²) < 4.78 is 11.2. The molecule has 0 amide bonds. The molecule has 1 atom stereocenters. The fourth-order valence-electron chi connectivity index (χ4n) is 3.68. The molecule has 0 saturated heterocycles. The van der Waals surface area contributed by atoms with Crippen molar-refractivity contribution in [2.75, 3.05) is 18.1 Å². The first-order valence-corrected chi connectivity index (χ1v) is 10.8. The largest absolute Gasteiger partial charge is 0.490 e. The van der Waals surface area contributed by atoms with Crippen LogP contribution in [-0.4, -0.2) is 40.5 Å². The van der Waals surface area contributed by atoms with Crippen molar-refractivity contribution in [3.63, 3.8) is 0 Å². The Morgan fingerprint density at radius 2 is 2.09 bits per heavy atom. The highest BCUT2D eigenvalue weighted by Crippen LogP contribution is 2.35. The molecule has 0 bridgehead atoms. The van der Waals surface area contributed by atoms with Gasteiger partial charge in [-0.3, -0.25) is 0 Å². The van der Waals surface area contributed by atoms with Crippen LogP contribution in [0.15, 0.2) is 40.9 Å². The topological polar surface area (TPSA) is 107 Å². The molecule has 1 aliphatic rings. The van der Waals surface area contributed by atoms with Crippen LogP contribution < -0.4 is 15.0 Å². The zero-order chi connectivity index (χ0) is 22.7. The molecule has 2 aromatic carbocycles. The van der Waals surface area contributed by atoms with Gasteiger partial charge < -0.3 is 24.6 Å². The van der Waals surface area contributed by atoms with Crippen LogP contribution in [0.5, 0.6) is 5.75 Å². The van der Waals surface area contributed by atoms with Gasteiger partial charge in [-0.05, 0) is 67.7 Å². The molecule has 1 aromatic heterocycles. The number of aliphatic hydroxyl groups excluding tert-OH is 1. The number of benzene rings is 2. The van der Waals surface area contributed by atoms with Gasteiger partial charge in [0.15, 0.2) is 0 Å². The number of anilines is 2. The van der Waals surface area contributed by atoms with E-state index in [1.54, 1.807) is 12.1 Å². The van der Waals surface area contributed by atoms with Crippen LogP contribution in [-0.2, 0) is 13.0 Å². The number of fused-ring (bicyclic) bond motifs is 1. The second-order valence-corrected chi connectivity index (χ2v) is 8.22. The van der Waals surface area contributed by atoms with E-state index in [2.05, 4.69) is 39.7 Å². The fourth-order valence-corrected chi connectivity index (χ4v) is 3.68. The first-order valence-electron chi connectivity index (χ1n) is 10.8. The van der Waals surface area contributed by atoms with Crippen molar-refractivity contribution in [3.05, 3.63) is 53.1 Å². The van der Waals surface area contributed by atoms with Crippen molar-refractivity contribution < 1.29 is 14.4 Å². The second-order valence-electron chi connectivity index (χ2n) is 8.22. The third-order valence-electron chi connectivity index (χ3n) is 5.33. The third kappa shape index (κ3) is 4.59. The lowest BCUT2D eigenvalue weighted by Gasteiger charge is -2.15. The molecule has 0 aliphatic carbocycles. The van der Waals surface area contributed by atoms with E-state index in [1.807, 2.05) is 31.7 Å². The summed E-state index contributed by atoms with van der Waals surface area (Å²) in [6, 6.07) is 13.8. The van der Waals surface area contributed by atoms with Crippen molar-refractivity contribution in [3.8, 4) is 23.3 Å². The quantitative estimate of drug-likeness (QED) is 0.555. The summed E-state index contributed by atoms with van der Waals surface area (Å²) in [6.07, 6.45) is 0.871. The Morgan fingerprint density at radius 3 is 2.84 bits per heavy atom. The highest BCUT2D eigenvalue weighted by molar-refractivity contribution is 5.68. The molecule has 3 aromatic rings. The molecule has 0 spiro atoms. The van der Waals surface area contributed by atoms with Gasteiger partial charge in [0.25, 0.3) is 11.8 Å². The van der Waals surface area contributed by atoms with Crippen molar-refractivity contribution in [1.82, 2.24) is 15.5 Å². The van der Waals surface area contributed by atoms with Crippen molar-refractivity contribution in [2.24, 2.45) is 0 Å². The number of nitrogens with one attached hydrogen (secondary N) is 1. The fraction of sp³-hybridized carbons (Fsp3) is 0.375. The van der Waals surface area contributed by atoms with Crippen LogP contribution in [0.25, 0.3) is 11.5 Å². The third-order valence-corrected chi connectivity index (χ3v) is 5.33. The first-order chi connectivity index (χ1) is 15.5. The number of hydrogen-bond donors (Lipinski definition) is 2. The van der Waals surface area contributed by atoms with Gasteiger partial charge in [0.1, 0.15) is 11.8 Å². The number of ether oxygens (including phenoxy) is 1. The highest BCUT2D eigenvalue weighted by atomic mass is 16.5. The van der Waals surface area contributed by atoms with Crippen LogP contribution in [0, 0.1) is 11.3 Å². The Balaban J connectivity index is 1.53. The summed E-state index contributed by atoms with van der Waals surface area (Å²) in [5.41, 5.74) is 4.57. The van der Waals surface area contributed by atoms with E-state index >= 15 is 0 Å². The zero-order valence-corrected chi connectivity index (χ0v) is 18.5. The monoisotopic (exact) mass is 433 g/mol. The van der Waals surface area contributed by atoms with E-state index < -0.39 is 0 Å².